The predicted molar refractivity (Wildman–Crippen MR) is 76.6 cm³/mol. The Morgan fingerprint density at radius 3 is 2.57 bits per heavy atom. The van der Waals surface area contributed by atoms with E-state index in [9.17, 15) is 19.3 Å². The fraction of sp³-hybridized carbons (Fsp3) is 0.0714. The summed E-state index contributed by atoms with van der Waals surface area (Å²) in [5.41, 5.74) is 5.22. The minimum absolute atomic E-state index is 0.0369. The van der Waals surface area contributed by atoms with Gasteiger partial charge in [0, 0.05) is 18.7 Å². The van der Waals surface area contributed by atoms with Gasteiger partial charge < -0.3 is 10.6 Å². The first kappa shape index (κ1) is 14.4. The van der Waals surface area contributed by atoms with E-state index in [2.05, 4.69) is 0 Å². The maximum atomic E-state index is 13.7. The highest BCUT2D eigenvalue weighted by Crippen LogP contribution is 2.25. The number of hydrogen-bond acceptors (Lipinski definition) is 4. The number of rotatable bonds is 3. The zero-order valence-corrected chi connectivity index (χ0v) is 11.1. The molecule has 0 radical (unpaired) electrons. The molecule has 108 valence electrons. The van der Waals surface area contributed by atoms with E-state index in [4.69, 9.17) is 5.73 Å². The van der Waals surface area contributed by atoms with Crippen LogP contribution in [0.5, 0.6) is 0 Å². The van der Waals surface area contributed by atoms with E-state index in [0.717, 1.165) is 11.0 Å². The summed E-state index contributed by atoms with van der Waals surface area (Å²) in [6, 6.07) is 9.49. The van der Waals surface area contributed by atoms with Crippen LogP contribution in [0.4, 0.5) is 21.5 Å². The fourth-order valence-electron chi connectivity index (χ4n) is 1.86. The third kappa shape index (κ3) is 2.81. The quantitative estimate of drug-likeness (QED) is 0.534. The molecule has 2 aromatic rings. The SMILES string of the molecule is CN(C(=O)c1ccc(N)c([N+](=O)[O-])c1)c1ccccc1F. The van der Waals surface area contributed by atoms with E-state index in [1.165, 1.54) is 37.4 Å². The second kappa shape index (κ2) is 5.58. The predicted octanol–water partition coefficient (Wildman–Crippen LogP) is 2.59. The van der Waals surface area contributed by atoms with E-state index < -0.39 is 16.6 Å². The molecule has 0 saturated heterocycles. The van der Waals surface area contributed by atoms with Crippen molar-refractivity contribution in [2.24, 2.45) is 0 Å². The Labute approximate surface area is 119 Å². The van der Waals surface area contributed by atoms with Crippen LogP contribution in [-0.2, 0) is 0 Å². The molecule has 0 aromatic heterocycles. The van der Waals surface area contributed by atoms with Gasteiger partial charge >= 0.3 is 0 Å². The molecule has 1 amide bonds. The summed E-state index contributed by atoms with van der Waals surface area (Å²) in [5.74, 6) is -1.12. The number of nitrogen functional groups attached to an aromatic ring is 1. The number of nitro groups is 1. The van der Waals surface area contributed by atoms with Crippen LogP contribution in [0.2, 0.25) is 0 Å². The number of carbonyl (C=O) groups is 1. The molecule has 0 aliphatic rings. The standard InChI is InChI=1S/C14H12FN3O3/c1-17(12-5-3-2-4-10(12)15)14(19)9-6-7-11(16)13(8-9)18(20)21/h2-8H,16H2,1H3. The largest absolute Gasteiger partial charge is 0.393 e. The molecular formula is C14H12FN3O3. The van der Waals surface area contributed by atoms with Gasteiger partial charge in [0.2, 0.25) is 0 Å². The summed E-state index contributed by atoms with van der Waals surface area (Å²) in [5, 5.41) is 10.8. The van der Waals surface area contributed by atoms with Gasteiger partial charge in [0.25, 0.3) is 11.6 Å². The van der Waals surface area contributed by atoms with E-state index in [0.29, 0.717) is 0 Å². The molecule has 7 heteroatoms. The summed E-state index contributed by atoms with van der Waals surface area (Å²) in [6.45, 7) is 0. The van der Waals surface area contributed by atoms with Crippen molar-refractivity contribution in [1.82, 2.24) is 0 Å². The van der Waals surface area contributed by atoms with Gasteiger partial charge in [-0.25, -0.2) is 4.39 Å². The molecule has 0 atom stereocenters. The van der Waals surface area contributed by atoms with Gasteiger partial charge in [0.15, 0.2) is 0 Å². The number of para-hydroxylation sites is 1. The number of amides is 1. The van der Waals surface area contributed by atoms with Crippen LogP contribution in [0.3, 0.4) is 0 Å². The van der Waals surface area contributed by atoms with Crippen molar-refractivity contribution in [3.8, 4) is 0 Å². The number of carbonyl (C=O) groups excluding carboxylic acids is 1. The Morgan fingerprint density at radius 2 is 1.95 bits per heavy atom. The van der Waals surface area contributed by atoms with Crippen molar-refractivity contribution in [3.63, 3.8) is 0 Å². The second-order valence-corrected chi connectivity index (χ2v) is 4.35. The molecule has 2 aromatic carbocycles. The highest BCUT2D eigenvalue weighted by Gasteiger charge is 2.20. The molecule has 0 aliphatic heterocycles. The number of hydrogen-bond donors (Lipinski definition) is 1. The van der Waals surface area contributed by atoms with Crippen LogP contribution in [0.15, 0.2) is 42.5 Å². The third-order valence-electron chi connectivity index (χ3n) is 2.99. The average molecular weight is 289 g/mol. The van der Waals surface area contributed by atoms with Gasteiger partial charge in [-0.15, -0.1) is 0 Å². The minimum Gasteiger partial charge on any atom is -0.393 e. The van der Waals surface area contributed by atoms with Crippen LogP contribution in [0.25, 0.3) is 0 Å². The maximum Gasteiger partial charge on any atom is 0.292 e. The first-order valence-electron chi connectivity index (χ1n) is 5.98. The van der Waals surface area contributed by atoms with Gasteiger partial charge in [-0.3, -0.25) is 14.9 Å². The van der Waals surface area contributed by atoms with Crippen LogP contribution in [0, 0.1) is 15.9 Å². The number of nitrogens with zero attached hydrogens (tertiary/aromatic N) is 2. The van der Waals surface area contributed by atoms with E-state index in [1.807, 2.05) is 0 Å². The second-order valence-electron chi connectivity index (χ2n) is 4.35. The smallest absolute Gasteiger partial charge is 0.292 e. The van der Waals surface area contributed by atoms with Gasteiger partial charge in [0.1, 0.15) is 11.5 Å². The van der Waals surface area contributed by atoms with Crippen LogP contribution >= 0.6 is 0 Å². The zero-order chi connectivity index (χ0) is 15.6. The van der Waals surface area contributed by atoms with Crippen LogP contribution in [-0.4, -0.2) is 17.9 Å². The number of halogens is 1. The first-order valence-corrected chi connectivity index (χ1v) is 5.98. The Balaban J connectivity index is 2.39. The van der Waals surface area contributed by atoms with Crippen molar-refractivity contribution in [3.05, 3.63) is 64.0 Å². The lowest BCUT2D eigenvalue weighted by Crippen LogP contribution is -2.27. The third-order valence-corrected chi connectivity index (χ3v) is 2.99. The van der Waals surface area contributed by atoms with Crippen LogP contribution < -0.4 is 10.6 Å². The van der Waals surface area contributed by atoms with Crippen molar-refractivity contribution >= 4 is 23.0 Å². The van der Waals surface area contributed by atoms with Gasteiger partial charge in [-0.05, 0) is 24.3 Å². The fourth-order valence-corrected chi connectivity index (χ4v) is 1.86. The number of benzene rings is 2. The summed E-state index contributed by atoms with van der Waals surface area (Å²) >= 11 is 0. The lowest BCUT2D eigenvalue weighted by molar-refractivity contribution is -0.383. The number of nitrogens with two attached hydrogens (primary N) is 1. The topological polar surface area (TPSA) is 89.5 Å². The van der Waals surface area contributed by atoms with Crippen LogP contribution in [0.1, 0.15) is 10.4 Å². The first-order chi connectivity index (χ1) is 9.91. The van der Waals surface area contributed by atoms with Crippen molar-refractivity contribution in [1.29, 1.82) is 0 Å². The highest BCUT2D eigenvalue weighted by molar-refractivity contribution is 6.06. The summed E-state index contributed by atoms with van der Waals surface area (Å²) in [4.78, 5) is 23.5. The lowest BCUT2D eigenvalue weighted by Gasteiger charge is -2.18. The molecule has 0 saturated carbocycles. The van der Waals surface area contributed by atoms with Gasteiger partial charge in [-0.1, -0.05) is 12.1 Å². The summed E-state index contributed by atoms with van der Waals surface area (Å²) < 4.78 is 13.7. The summed E-state index contributed by atoms with van der Waals surface area (Å²) in [7, 11) is 1.39. The molecule has 0 spiro atoms. The van der Waals surface area contributed by atoms with Crippen molar-refractivity contribution in [2.45, 2.75) is 0 Å². The maximum absolute atomic E-state index is 13.7. The van der Waals surface area contributed by atoms with Crippen molar-refractivity contribution in [2.75, 3.05) is 17.7 Å². The van der Waals surface area contributed by atoms with E-state index in [-0.39, 0.29) is 22.6 Å². The molecule has 0 bridgehead atoms. The van der Waals surface area contributed by atoms with Gasteiger partial charge in [-0.2, -0.15) is 0 Å². The summed E-state index contributed by atoms with van der Waals surface area (Å²) in [6.07, 6.45) is 0. The van der Waals surface area contributed by atoms with E-state index in [1.54, 1.807) is 6.07 Å². The molecular weight excluding hydrogens is 277 g/mol. The zero-order valence-electron chi connectivity index (χ0n) is 11.1. The lowest BCUT2D eigenvalue weighted by atomic mass is 10.1. The average Bonchev–Trinajstić information content (AvgIpc) is 2.46. The van der Waals surface area contributed by atoms with Crippen molar-refractivity contribution < 1.29 is 14.1 Å². The number of nitro benzene ring substituents is 1. The van der Waals surface area contributed by atoms with Gasteiger partial charge in [0.05, 0.1) is 10.6 Å². The molecule has 0 heterocycles. The molecule has 21 heavy (non-hydrogen) atoms. The molecule has 0 fully saturated rings. The normalized spacial score (nSPS) is 10.2. The Kier molecular flexibility index (Phi) is 3.84. The van der Waals surface area contributed by atoms with E-state index >= 15 is 0 Å². The molecule has 6 nitrogen and oxygen atoms in total. The number of anilines is 2. The molecule has 0 aliphatic carbocycles. The highest BCUT2D eigenvalue weighted by atomic mass is 19.1. The molecule has 0 unspecified atom stereocenters. The Morgan fingerprint density at radius 1 is 1.29 bits per heavy atom. The minimum atomic E-state index is -0.671. The monoisotopic (exact) mass is 289 g/mol. The Bertz CT molecular complexity index is 718. The Hall–Kier alpha value is -2.96. The molecule has 2 rings (SSSR count). The molecule has 2 N–H and O–H groups in total.